The molecule has 0 saturated carbocycles. The molecule has 0 aliphatic carbocycles. The van der Waals surface area contributed by atoms with Gasteiger partial charge in [0.25, 0.3) is 5.91 Å². The molecule has 0 unspecified atom stereocenters. The second kappa shape index (κ2) is 6.38. The number of hydrogen-bond acceptors (Lipinski definition) is 5. The molecule has 2 rings (SSSR count). The van der Waals surface area contributed by atoms with Crippen molar-refractivity contribution >= 4 is 17.2 Å². The second-order valence-electron chi connectivity index (χ2n) is 4.14. The maximum Gasteiger partial charge on any atom is 0.255 e. The van der Waals surface area contributed by atoms with Crippen LogP contribution in [0.1, 0.15) is 27.2 Å². The van der Waals surface area contributed by atoms with Gasteiger partial charge < -0.3 is 15.2 Å². The van der Waals surface area contributed by atoms with Crippen molar-refractivity contribution in [3.8, 4) is 11.5 Å². The highest BCUT2D eigenvalue weighted by Gasteiger charge is 2.12. The summed E-state index contributed by atoms with van der Waals surface area (Å²) in [6.07, 6.45) is 2.75. The Balaban J connectivity index is 2.01. The topological polar surface area (TPSA) is 71.5 Å². The number of thiazole rings is 1. The number of phenolic OH excluding ortho intramolecular Hbond substituents is 1. The lowest BCUT2D eigenvalue weighted by molar-refractivity contribution is 0.0948. The van der Waals surface area contributed by atoms with Gasteiger partial charge in [0.2, 0.25) is 0 Å². The number of carbonyl (C=O) groups excluding carboxylic acids is 1. The second-order valence-corrected chi connectivity index (χ2v) is 5.34. The molecule has 106 valence electrons. The molecule has 2 aromatic rings. The van der Waals surface area contributed by atoms with Crippen molar-refractivity contribution in [1.82, 2.24) is 10.3 Å². The molecule has 5 nitrogen and oxygen atoms in total. The Labute approximate surface area is 121 Å². The first-order valence-corrected chi connectivity index (χ1v) is 7.04. The van der Waals surface area contributed by atoms with E-state index in [2.05, 4.69) is 17.2 Å². The Bertz CT molecular complexity index is 610. The third-order valence-corrected chi connectivity index (χ3v) is 3.94. The van der Waals surface area contributed by atoms with Crippen LogP contribution in [-0.4, -0.2) is 23.1 Å². The van der Waals surface area contributed by atoms with Crippen LogP contribution in [0.15, 0.2) is 24.4 Å². The standard InChI is InChI=1S/C14H16N2O3S/c1-3-10-7-15-13(20-10)8-16-14(18)11-5-4-9(19-2)6-12(11)17/h4-7,17H,3,8H2,1-2H3,(H,16,18). The third kappa shape index (κ3) is 3.27. The van der Waals surface area contributed by atoms with Crippen LogP contribution < -0.4 is 10.1 Å². The van der Waals surface area contributed by atoms with Crippen molar-refractivity contribution in [3.63, 3.8) is 0 Å². The van der Waals surface area contributed by atoms with E-state index in [9.17, 15) is 9.90 Å². The van der Waals surface area contributed by atoms with Crippen molar-refractivity contribution in [2.24, 2.45) is 0 Å². The summed E-state index contributed by atoms with van der Waals surface area (Å²) in [5.74, 6) is 0.0696. The van der Waals surface area contributed by atoms with Gasteiger partial charge in [-0.2, -0.15) is 0 Å². The van der Waals surface area contributed by atoms with Crippen LogP contribution in [0.4, 0.5) is 0 Å². The first kappa shape index (κ1) is 14.3. The van der Waals surface area contributed by atoms with E-state index < -0.39 is 0 Å². The maximum absolute atomic E-state index is 12.0. The number of aromatic nitrogens is 1. The monoisotopic (exact) mass is 292 g/mol. The molecule has 0 fully saturated rings. The zero-order valence-electron chi connectivity index (χ0n) is 11.3. The zero-order valence-corrected chi connectivity index (χ0v) is 12.2. The van der Waals surface area contributed by atoms with Crippen LogP contribution in [0.2, 0.25) is 0 Å². The Morgan fingerprint density at radius 3 is 2.90 bits per heavy atom. The largest absolute Gasteiger partial charge is 0.507 e. The normalized spacial score (nSPS) is 10.3. The van der Waals surface area contributed by atoms with Crippen LogP contribution in [0.25, 0.3) is 0 Å². The van der Waals surface area contributed by atoms with Gasteiger partial charge in [0.1, 0.15) is 16.5 Å². The SMILES string of the molecule is CCc1cnc(CNC(=O)c2ccc(OC)cc2O)s1. The summed E-state index contributed by atoms with van der Waals surface area (Å²) in [7, 11) is 1.50. The number of nitrogens with zero attached hydrogens (tertiary/aromatic N) is 1. The first-order chi connectivity index (χ1) is 9.63. The van der Waals surface area contributed by atoms with Crippen LogP contribution in [0.5, 0.6) is 11.5 Å². The van der Waals surface area contributed by atoms with Crippen LogP contribution in [0.3, 0.4) is 0 Å². The molecule has 6 heteroatoms. The number of methoxy groups -OCH3 is 1. The van der Waals surface area contributed by atoms with Gasteiger partial charge in [-0.05, 0) is 18.6 Å². The van der Waals surface area contributed by atoms with Crippen molar-refractivity contribution < 1.29 is 14.6 Å². The smallest absolute Gasteiger partial charge is 0.255 e. The fourth-order valence-electron chi connectivity index (χ4n) is 1.67. The Hall–Kier alpha value is -2.08. The molecule has 2 N–H and O–H groups in total. The first-order valence-electron chi connectivity index (χ1n) is 6.22. The highest BCUT2D eigenvalue weighted by Crippen LogP contribution is 2.23. The molecular formula is C14H16N2O3S. The number of amides is 1. The fraction of sp³-hybridized carbons (Fsp3) is 0.286. The molecule has 0 atom stereocenters. The highest BCUT2D eigenvalue weighted by molar-refractivity contribution is 7.11. The lowest BCUT2D eigenvalue weighted by atomic mass is 10.2. The van der Waals surface area contributed by atoms with Gasteiger partial charge >= 0.3 is 0 Å². The van der Waals surface area contributed by atoms with Gasteiger partial charge in [-0.3, -0.25) is 4.79 Å². The van der Waals surface area contributed by atoms with Crippen molar-refractivity contribution in [2.75, 3.05) is 7.11 Å². The number of carbonyl (C=O) groups is 1. The Kier molecular flexibility index (Phi) is 4.57. The van der Waals surface area contributed by atoms with E-state index in [1.54, 1.807) is 17.4 Å². The van der Waals surface area contributed by atoms with E-state index in [0.717, 1.165) is 11.4 Å². The molecule has 1 amide bonds. The summed E-state index contributed by atoms with van der Waals surface area (Å²) < 4.78 is 4.97. The average Bonchev–Trinajstić information content (AvgIpc) is 2.92. The summed E-state index contributed by atoms with van der Waals surface area (Å²) >= 11 is 1.57. The zero-order chi connectivity index (χ0) is 14.5. The van der Waals surface area contributed by atoms with Crippen LogP contribution in [-0.2, 0) is 13.0 Å². The highest BCUT2D eigenvalue weighted by atomic mass is 32.1. The number of aromatic hydroxyl groups is 1. The van der Waals surface area contributed by atoms with Gasteiger partial charge in [0.05, 0.1) is 19.2 Å². The van der Waals surface area contributed by atoms with E-state index in [1.165, 1.54) is 24.1 Å². The van der Waals surface area contributed by atoms with Gasteiger partial charge in [0.15, 0.2) is 0 Å². The van der Waals surface area contributed by atoms with Gasteiger partial charge in [-0.1, -0.05) is 6.92 Å². The van der Waals surface area contributed by atoms with Crippen molar-refractivity contribution in [1.29, 1.82) is 0 Å². The lowest BCUT2D eigenvalue weighted by Crippen LogP contribution is -2.22. The van der Waals surface area contributed by atoms with Gasteiger partial charge in [0, 0.05) is 17.1 Å². The number of ether oxygens (including phenoxy) is 1. The molecule has 1 aromatic heterocycles. The van der Waals surface area contributed by atoms with E-state index in [1.807, 2.05) is 6.20 Å². The minimum absolute atomic E-state index is 0.102. The van der Waals surface area contributed by atoms with E-state index in [0.29, 0.717) is 12.3 Å². The molecule has 0 radical (unpaired) electrons. The number of nitrogens with one attached hydrogen (secondary N) is 1. The summed E-state index contributed by atoms with van der Waals surface area (Å²) in [6, 6.07) is 4.57. The number of benzene rings is 1. The summed E-state index contributed by atoms with van der Waals surface area (Å²) in [5, 5.41) is 13.4. The number of hydrogen-bond donors (Lipinski definition) is 2. The molecule has 0 bridgehead atoms. The number of aryl methyl sites for hydroxylation is 1. The van der Waals surface area contributed by atoms with Crippen LogP contribution in [0, 0.1) is 0 Å². The maximum atomic E-state index is 12.0. The van der Waals surface area contributed by atoms with Gasteiger partial charge in [-0.25, -0.2) is 4.98 Å². The molecule has 0 aliphatic heterocycles. The minimum Gasteiger partial charge on any atom is -0.507 e. The average molecular weight is 292 g/mol. The molecule has 0 aliphatic rings. The predicted molar refractivity (Wildman–Crippen MR) is 77.3 cm³/mol. The van der Waals surface area contributed by atoms with E-state index in [-0.39, 0.29) is 17.2 Å². The molecule has 0 saturated heterocycles. The van der Waals surface area contributed by atoms with Crippen molar-refractivity contribution in [2.45, 2.75) is 19.9 Å². The van der Waals surface area contributed by atoms with Gasteiger partial charge in [-0.15, -0.1) is 11.3 Å². The summed E-state index contributed by atoms with van der Waals surface area (Å²) in [6.45, 7) is 2.42. The lowest BCUT2D eigenvalue weighted by Gasteiger charge is -2.07. The minimum atomic E-state index is -0.335. The fourth-order valence-corrected chi connectivity index (χ4v) is 2.48. The molecule has 1 heterocycles. The van der Waals surface area contributed by atoms with E-state index >= 15 is 0 Å². The quantitative estimate of drug-likeness (QED) is 0.887. The van der Waals surface area contributed by atoms with Crippen LogP contribution >= 0.6 is 11.3 Å². The molecular weight excluding hydrogens is 276 g/mol. The predicted octanol–water partition coefficient (Wildman–Crippen LogP) is 2.35. The van der Waals surface area contributed by atoms with Crippen molar-refractivity contribution in [3.05, 3.63) is 39.8 Å². The summed E-state index contributed by atoms with van der Waals surface area (Å²) in [5.41, 5.74) is 0.220. The molecule has 20 heavy (non-hydrogen) atoms. The summed E-state index contributed by atoms with van der Waals surface area (Å²) in [4.78, 5) is 17.4. The Morgan fingerprint density at radius 2 is 2.30 bits per heavy atom. The number of rotatable bonds is 5. The Morgan fingerprint density at radius 1 is 1.50 bits per heavy atom. The molecule has 1 aromatic carbocycles. The van der Waals surface area contributed by atoms with E-state index in [4.69, 9.17) is 4.74 Å². The third-order valence-electron chi connectivity index (χ3n) is 2.80. The number of phenols is 1. The molecule has 0 spiro atoms.